The van der Waals surface area contributed by atoms with Crippen LogP contribution in [0.15, 0.2) is 41.3 Å². The van der Waals surface area contributed by atoms with E-state index in [1.54, 1.807) is 29.7 Å². The molecular weight excluding hydrogens is 312 g/mol. The molecule has 0 saturated heterocycles. The summed E-state index contributed by atoms with van der Waals surface area (Å²) in [6.45, 7) is 0. The average molecular weight is 321 g/mol. The Morgan fingerprint density at radius 1 is 1.43 bits per heavy atom. The lowest BCUT2D eigenvalue weighted by molar-refractivity contribution is -0.113. The van der Waals surface area contributed by atoms with Gasteiger partial charge in [0.2, 0.25) is 5.91 Å². The van der Waals surface area contributed by atoms with Crippen LogP contribution in [0.2, 0.25) is 5.02 Å². The van der Waals surface area contributed by atoms with Gasteiger partial charge in [-0.15, -0.1) is 0 Å². The van der Waals surface area contributed by atoms with Gasteiger partial charge >= 0.3 is 0 Å². The Morgan fingerprint density at radius 2 is 2.14 bits per heavy atom. The lowest BCUT2D eigenvalue weighted by Gasteiger charge is -2.09. The van der Waals surface area contributed by atoms with Crippen LogP contribution in [0.5, 0.6) is 0 Å². The molecule has 0 spiro atoms. The second-order valence-electron chi connectivity index (χ2n) is 3.85. The summed E-state index contributed by atoms with van der Waals surface area (Å²) in [7, 11) is 0. The van der Waals surface area contributed by atoms with Gasteiger partial charge in [0, 0.05) is 0 Å². The van der Waals surface area contributed by atoms with Crippen molar-refractivity contribution in [1.29, 1.82) is 5.26 Å². The number of para-hydroxylation sites is 1. The van der Waals surface area contributed by atoms with Gasteiger partial charge in [-0.2, -0.15) is 15.0 Å². The molecule has 0 fully saturated rings. The summed E-state index contributed by atoms with van der Waals surface area (Å²) in [4.78, 5) is 23.9. The molecule has 0 bridgehead atoms. The van der Waals surface area contributed by atoms with Crippen molar-refractivity contribution in [2.75, 3.05) is 11.1 Å². The van der Waals surface area contributed by atoms with Crippen LogP contribution < -0.4 is 10.9 Å². The van der Waals surface area contributed by atoms with E-state index < -0.39 is 11.5 Å². The highest BCUT2D eigenvalue weighted by atomic mass is 35.5. The number of nitrogens with one attached hydrogen (secondary N) is 1. The predicted octanol–water partition coefficient (Wildman–Crippen LogP) is 2.04. The molecule has 1 aromatic heterocycles. The fourth-order valence-electron chi connectivity index (χ4n) is 1.57. The zero-order valence-corrected chi connectivity index (χ0v) is 12.2. The summed E-state index contributed by atoms with van der Waals surface area (Å²) in [6, 6.07) is 8.75. The highest BCUT2D eigenvalue weighted by Crippen LogP contribution is 2.16. The van der Waals surface area contributed by atoms with E-state index >= 15 is 0 Å². The largest absolute Gasteiger partial charge is 0.319 e. The molecule has 0 aliphatic heterocycles. The maximum Gasteiger partial charge on any atom is 0.296 e. The standard InChI is InChI=1S/C13H9ClN4O2S/c14-10-6-16-18(9-4-2-1-3-5-9)13(20)12(10)17-11(19)7-21-8-15/h1-6H,7H2,(H,17,19). The normalized spacial score (nSPS) is 9.90. The summed E-state index contributed by atoms with van der Waals surface area (Å²) in [5, 5.41) is 16.6. The highest BCUT2D eigenvalue weighted by Gasteiger charge is 2.14. The number of halogens is 1. The van der Waals surface area contributed by atoms with E-state index in [0.717, 1.165) is 16.4 Å². The lowest BCUT2D eigenvalue weighted by Crippen LogP contribution is -2.27. The maximum absolute atomic E-state index is 12.3. The molecule has 0 atom stereocenters. The Kier molecular flexibility index (Phi) is 4.98. The lowest BCUT2D eigenvalue weighted by atomic mass is 10.3. The molecule has 0 aliphatic rings. The number of carbonyl (C=O) groups is 1. The van der Waals surface area contributed by atoms with Crippen LogP contribution in [0.25, 0.3) is 5.69 Å². The minimum absolute atomic E-state index is 0.0440. The van der Waals surface area contributed by atoms with Crippen LogP contribution in [0, 0.1) is 10.7 Å². The molecule has 2 aromatic rings. The molecule has 0 saturated carbocycles. The number of hydrogen-bond acceptors (Lipinski definition) is 5. The number of thiocyanates is 1. The van der Waals surface area contributed by atoms with Gasteiger partial charge in [0.15, 0.2) is 0 Å². The summed E-state index contributed by atoms with van der Waals surface area (Å²) in [6.07, 6.45) is 1.28. The first-order chi connectivity index (χ1) is 10.1. The summed E-state index contributed by atoms with van der Waals surface area (Å²) < 4.78 is 1.14. The molecule has 0 radical (unpaired) electrons. The molecule has 0 unspecified atom stereocenters. The molecule has 2 rings (SSSR count). The number of carbonyl (C=O) groups excluding carboxylic acids is 1. The fourth-order valence-corrected chi connectivity index (χ4v) is 2.01. The van der Waals surface area contributed by atoms with Crippen molar-refractivity contribution in [3.05, 3.63) is 51.9 Å². The molecule has 1 aromatic carbocycles. The van der Waals surface area contributed by atoms with Gasteiger partial charge in [0.25, 0.3) is 5.56 Å². The first-order valence-electron chi connectivity index (χ1n) is 5.77. The Morgan fingerprint density at radius 3 is 2.81 bits per heavy atom. The van der Waals surface area contributed by atoms with Gasteiger partial charge in [-0.3, -0.25) is 9.59 Å². The van der Waals surface area contributed by atoms with Crippen molar-refractivity contribution in [3.8, 4) is 11.1 Å². The van der Waals surface area contributed by atoms with Crippen LogP contribution in [0.1, 0.15) is 0 Å². The van der Waals surface area contributed by atoms with E-state index in [1.165, 1.54) is 6.20 Å². The summed E-state index contributed by atoms with van der Waals surface area (Å²) in [5.74, 6) is -0.564. The van der Waals surface area contributed by atoms with E-state index in [2.05, 4.69) is 10.4 Å². The number of hydrogen-bond donors (Lipinski definition) is 1. The molecule has 106 valence electrons. The highest BCUT2D eigenvalue weighted by molar-refractivity contribution is 8.04. The number of anilines is 1. The SMILES string of the molecule is N#CSCC(=O)Nc1c(Cl)cnn(-c2ccccc2)c1=O. The van der Waals surface area contributed by atoms with Crippen molar-refractivity contribution >= 4 is 35.0 Å². The zero-order chi connectivity index (χ0) is 15.2. The monoisotopic (exact) mass is 320 g/mol. The van der Waals surface area contributed by atoms with E-state index in [9.17, 15) is 9.59 Å². The smallest absolute Gasteiger partial charge is 0.296 e. The minimum Gasteiger partial charge on any atom is -0.319 e. The van der Waals surface area contributed by atoms with E-state index in [1.807, 2.05) is 6.07 Å². The minimum atomic E-state index is -0.538. The summed E-state index contributed by atoms with van der Waals surface area (Å²) >= 11 is 6.68. The van der Waals surface area contributed by atoms with Gasteiger partial charge in [0.05, 0.1) is 22.7 Å². The number of rotatable bonds is 4. The quantitative estimate of drug-likeness (QED) is 0.871. The second-order valence-corrected chi connectivity index (χ2v) is 5.02. The maximum atomic E-state index is 12.3. The molecule has 8 heteroatoms. The third-order valence-corrected chi connectivity index (χ3v) is 3.29. The molecule has 1 amide bonds. The number of amides is 1. The number of benzene rings is 1. The van der Waals surface area contributed by atoms with Crippen LogP contribution in [-0.2, 0) is 4.79 Å². The van der Waals surface area contributed by atoms with E-state index in [0.29, 0.717) is 5.69 Å². The van der Waals surface area contributed by atoms with Gasteiger partial charge < -0.3 is 5.32 Å². The van der Waals surface area contributed by atoms with Crippen molar-refractivity contribution in [3.63, 3.8) is 0 Å². The Bertz CT molecular complexity index is 755. The molecule has 1 N–H and O–H groups in total. The Hall–Kier alpha value is -2.30. The van der Waals surface area contributed by atoms with Crippen LogP contribution in [0.4, 0.5) is 5.69 Å². The van der Waals surface area contributed by atoms with E-state index in [-0.39, 0.29) is 16.5 Å². The first-order valence-corrected chi connectivity index (χ1v) is 7.14. The van der Waals surface area contributed by atoms with Crippen molar-refractivity contribution in [2.45, 2.75) is 0 Å². The molecule has 1 heterocycles. The number of aromatic nitrogens is 2. The molecule has 6 nitrogen and oxygen atoms in total. The first kappa shape index (κ1) is 15.1. The molecule has 0 aliphatic carbocycles. The van der Waals surface area contributed by atoms with E-state index in [4.69, 9.17) is 16.9 Å². The third-order valence-electron chi connectivity index (χ3n) is 2.46. The van der Waals surface area contributed by atoms with Crippen molar-refractivity contribution < 1.29 is 4.79 Å². The molecule has 21 heavy (non-hydrogen) atoms. The topological polar surface area (TPSA) is 87.8 Å². The van der Waals surface area contributed by atoms with Crippen LogP contribution in [0.3, 0.4) is 0 Å². The van der Waals surface area contributed by atoms with Gasteiger partial charge in [-0.05, 0) is 23.9 Å². The van der Waals surface area contributed by atoms with Gasteiger partial charge in [-0.1, -0.05) is 29.8 Å². The number of nitriles is 1. The average Bonchev–Trinajstić information content (AvgIpc) is 2.50. The second kappa shape index (κ2) is 6.92. The van der Waals surface area contributed by atoms with Crippen molar-refractivity contribution in [2.24, 2.45) is 0 Å². The van der Waals surface area contributed by atoms with Crippen molar-refractivity contribution in [1.82, 2.24) is 9.78 Å². The van der Waals surface area contributed by atoms with Crippen LogP contribution in [-0.4, -0.2) is 21.4 Å². The summed E-state index contributed by atoms with van der Waals surface area (Å²) in [5.41, 5.74) is -0.0378. The number of thioether (sulfide) groups is 1. The zero-order valence-electron chi connectivity index (χ0n) is 10.6. The Balaban J connectivity index is 2.37. The third kappa shape index (κ3) is 3.62. The predicted molar refractivity (Wildman–Crippen MR) is 81.5 cm³/mol. The number of nitrogens with zero attached hydrogens (tertiary/aromatic N) is 3. The fraction of sp³-hybridized carbons (Fsp3) is 0.0769. The van der Waals surface area contributed by atoms with Crippen LogP contribution >= 0.6 is 23.4 Å². The van der Waals surface area contributed by atoms with Gasteiger partial charge in [0.1, 0.15) is 11.1 Å². The van der Waals surface area contributed by atoms with Gasteiger partial charge in [-0.25, -0.2) is 0 Å². The molecular formula is C13H9ClN4O2S. The Labute approximate surface area is 129 Å².